The fourth-order valence-corrected chi connectivity index (χ4v) is 1.98. The summed E-state index contributed by atoms with van der Waals surface area (Å²) in [6.07, 6.45) is 4.04. The number of aromatic nitrogens is 2. The third-order valence-corrected chi connectivity index (χ3v) is 2.84. The van der Waals surface area contributed by atoms with Crippen molar-refractivity contribution in [1.82, 2.24) is 9.97 Å². The zero-order chi connectivity index (χ0) is 13.8. The molecule has 0 saturated carbocycles. The number of nitrogens with zero attached hydrogens (tertiary/aromatic N) is 2. The van der Waals surface area contributed by atoms with Crippen LogP contribution in [0.15, 0.2) is 18.2 Å². The van der Waals surface area contributed by atoms with E-state index in [9.17, 15) is 4.79 Å². The highest BCUT2D eigenvalue weighted by Gasteiger charge is 2.24. The van der Waals surface area contributed by atoms with E-state index >= 15 is 0 Å². The van der Waals surface area contributed by atoms with Gasteiger partial charge in [-0.15, -0.1) is 0 Å². The first-order valence-corrected chi connectivity index (χ1v) is 6.24. The van der Waals surface area contributed by atoms with Crippen LogP contribution in [0.2, 0.25) is 0 Å². The molecule has 0 aliphatic heterocycles. The smallest absolute Gasteiger partial charge is 0.310 e. The second kappa shape index (κ2) is 5.69. The molecule has 0 amide bonds. The van der Waals surface area contributed by atoms with E-state index < -0.39 is 11.9 Å². The van der Waals surface area contributed by atoms with Gasteiger partial charge in [0.1, 0.15) is 0 Å². The molecule has 0 bridgehead atoms. The Morgan fingerprint density at radius 1 is 1.53 bits per heavy atom. The summed E-state index contributed by atoms with van der Waals surface area (Å²) in [5, 5.41) is 12.0. The first kappa shape index (κ1) is 13.3. The predicted octanol–water partition coefficient (Wildman–Crippen LogP) is 1.62. The zero-order valence-electron chi connectivity index (χ0n) is 11.0. The van der Waals surface area contributed by atoms with Gasteiger partial charge in [0.15, 0.2) is 0 Å². The summed E-state index contributed by atoms with van der Waals surface area (Å²) in [6.45, 7) is 4.29. The Hall–Kier alpha value is -2.11. The summed E-state index contributed by atoms with van der Waals surface area (Å²) in [5.41, 5.74) is 0.803. The van der Waals surface area contributed by atoms with E-state index in [2.05, 4.69) is 15.3 Å². The molecule has 19 heavy (non-hydrogen) atoms. The van der Waals surface area contributed by atoms with Gasteiger partial charge in [-0.2, -0.15) is 4.98 Å². The van der Waals surface area contributed by atoms with E-state index in [0.717, 1.165) is 5.69 Å². The number of aliphatic carboxylic acids is 1. The predicted molar refractivity (Wildman–Crippen MR) is 70.2 cm³/mol. The summed E-state index contributed by atoms with van der Waals surface area (Å²) in [5.74, 6) is -0.257. The zero-order valence-corrected chi connectivity index (χ0v) is 11.0. The number of hydrogen-bond donors (Lipinski definition) is 2. The maximum absolute atomic E-state index is 10.9. The van der Waals surface area contributed by atoms with Crippen molar-refractivity contribution >= 4 is 11.9 Å². The Balaban J connectivity index is 2.04. The Morgan fingerprint density at radius 3 is 2.95 bits per heavy atom. The van der Waals surface area contributed by atoms with Gasteiger partial charge < -0.3 is 15.2 Å². The van der Waals surface area contributed by atoms with E-state index in [1.54, 1.807) is 12.1 Å². The quantitative estimate of drug-likeness (QED) is 0.785. The molecule has 1 aromatic heterocycles. The van der Waals surface area contributed by atoms with E-state index in [1.165, 1.54) is 0 Å². The lowest BCUT2D eigenvalue weighted by molar-refractivity contribution is -0.140. The number of carboxylic acids is 1. The van der Waals surface area contributed by atoms with Gasteiger partial charge in [0.05, 0.1) is 12.5 Å². The Morgan fingerprint density at radius 2 is 2.32 bits per heavy atom. The number of carboxylic acid groups (broad SMARTS) is 1. The third-order valence-electron chi connectivity index (χ3n) is 2.84. The number of anilines is 1. The molecule has 2 unspecified atom stereocenters. The van der Waals surface area contributed by atoms with Crippen molar-refractivity contribution < 1.29 is 14.6 Å². The minimum Gasteiger partial charge on any atom is -0.481 e. The lowest BCUT2D eigenvalue weighted by Crippen LogP contribution is -2.20. The molecule has 2 atom stereocenters. The molecule has 6 heteroatoms. The lowest BCUT2D eigenvalue weighted by atomic mass is 10.1. The van der Waals surface area contributed by atoms with Crippen LogP contribution in [-0.2, 0) is 4.79 Å². The maximum atomic E-state index is 10.9. The van der Waals surface area contributed by atoms with Gasteiger partial charge >= 0.3 is 5.97 Å². The summed E-state index contributed by atoms with van der Waals surface area (Å²) in [6, 6.07) is 1.71. The number of aryl methyl sites for hydroxylation is 1. The number of carbonyl (C=O) groups is 1. The fourth-order valence-electron chi connectivity index (χ4n) is 1.98. The third kappa shape index (κ3) is 3.43. The van der Waals surface area contributed by atoms with Gasteiger partial charge in [-0.1, -0.05) is 12.2 Å². The van der Waals surface area contributed by atoms with E-state index in [1.807, 2.05) is 19.9 Å². The summed E-state index contributed by atoms with van der Waals surface area (Å²) in [7, 11) is 0. The number of rotatable bonds is 5. The number of hydrogen-bond acceptors (Lipinski definition) is 5. The standard InChI is InChI=1S/C13H17N3O3/c1-3-19-11-6-8(2)14-13(16-11)15-10-5-4-9(7-10)12(17)18/h4-6,9-10H,3,7H2,1-2H3,(H,17,18)(H,14,15,16). The molecule has 1 aromatic rings. The molecule has 0 fully saturated rings. The van der Waals surface area contributed by atoms with Crippen molar-refractivity contribution in [1.29, 1.82) is 0 Å². The van der Waals surface area contributed by atoms with E-state index in [-0.39, 0.29) is 6.04 Å². The highest BCUT2D eigenvalue weighted by molar-refractivity contribution is 5.73. The first-order chi connectivity index (χ1) is 9.08. The summed E-state index contributed by atoms with van der Waals surface area (Å²) >= 11 is 0. The molecule has 1 aliphatic carbocycles. The minimum atomic E-state index is -0.805. The molecule has 0 aromatic carbocycles. The van der Waals surface area contributed by atoms with Crippen LogP contribution in [0.5, 0.6) is 5.88 Å². The maximum Gasteiger partial charge on any atom is 0.310 e. The molecule has 0 saturated heterocycles. The molecule has 1 heterocycles. The Labute approximate surface area is 111 Å². The summed E-state index contributed by atoms with van der Waals surface area (Å²) in [4.78, 5) is 19.4. The highest BCUT2D eigenvalue weighted by atomic mass is 16.5. The van der Waals surface area contributed by atoms with Crippen molar-refractivity contribution in [3.8, 4) is 5.88 Å². The van der Waals surface area contributed by atoms with Crippen LogP contribution in [0.1, 0.15) is 19.0 Å². The molecule has 1 aliphatic rings. The van der Waals surface area contributed by atoms with Crippen LogP contribution < -0.4 is 10.1 Å². The van der Waals surface area contributed by atoms with Crippen molar-refractivity contribution in [3.63, 3.8) is 0 Å². The molecule has 2 rings (SSSR count). The largest absolute Gasteiger partial charge is 0.481 e. The second-order valence-electron chi connectivity index (χ2n) is 4.42. The average Bonchev–Trinajstić information content (AvgIpc) is 2.77. The molecular formula is C13H17N3O3. The van der Waals surface area contributed by atoms with Gasteiger partial charge in [0, 0.05) is 17.8 Å². The molecule has 102 valence electrons. The molecule has 2 N–H and O–H groups in total. The lowest BCUT2D eigenvalue weighted by Gasteiger charge is -2.13. The van der Waals surface area contributed by atoms with Gasteiger partial charge in [0.2, 0.25) is 11.8 Å². The second-order valence-corrected chi connectivity index (χ2v) is 4.42. The van der Waals surface area contributed by atoms with Crippen molar-refractivity contribution in [3.05, 3.63) is 23.9 Å². The fraction of sp³-hybridized carbons (Fsp3) is 0.462. The van der Waals surface area contributed by atoms with Crippen LogP contribution in [0, 0.1) is 12.8 Å². The Kier molecular flexibility index (Phi) is 3.99. The topological polar surface area (TPSA) is 84.3 Å². The monoisotopic (exact) mass is 263 g/mol. The first-order valence-electron chi connectivity index (χ1n) is 6.24. The van der Waals surface area contributed by atoms with Gasteiger partial charge in [-0.05, 0) is 20.3 Å². The van der Waals surface area contributed by atoms with Crippen LogP contribution in [0.4, 0.5) is 5.95 Å². The van der Waals surface area contributed by atoms with Crippen LogP contribution in [0.25, 0.3) is 0 Å². The minimum absolute atomic E-state index is 0.0580. The van der Waals surface area contributed by atoms with Gasteiger partial charge in [0.25, 0.3) is 0 Å². The van der Waals surface area contributed by atoms with Crippen LogP contribution in [0.3, 0.4) is 0 Å². The van der Waals surface area contributed by atoms with Gasteiger partial charge in [-0.25, -0.2) is 4.98 Å². The Bertz CT molecular complexity index is 502. The molecule has 0 spiro atoms. The normalized spacial score (nSPS) is 21.4. The molecular weight excluding hydrogens is 246 g/mol. The van der Waals surface area contributed by atoms with Crippen LogP contribution in [-0.4, -0.2) is 33.7 Å². The SMILES string of the molecule is CCOc1cc(C)nc(NC2C=CC(C(=O)O)C2)n1. The highest BCUT2D eigenvalue weighted by Crippen LogP contribution is 2.21. The van der Waals surface area contributed by atoms with Crippen molar-refractivity contribution in [2.75, 3.05) is 11.9 Å². The van der Waals surface area contributed by atoms with Crippen LogP contribution >= 0.6 is 0 Å². The number of nitrogens with one attached hydrogen (secondary N) is 1. The molecule has 0 radical (unpaired) electrons. The van der Waals surface area contributed by atoms with Crippen molar-refractivity contribution in [2.24, 2.45) is 5.92 Å². The van der Waals surface area contributed by atoms with Crippen molar-refractivity contribution in [2.45, 2.75) is 26.3 Å². The molecule has 6 nitrogen and oxygen atoms in total. The average molecular weight is 263 g/mol. The van der Waals surface area contributed by atoms with Gasteiger partial charge in [-0.3, -0.25) is 4.79 Å². The number of ether oxygens (including phenoxy) is 1. The summed E-state index contributed by atoms with van der Waals surface area (Å²) < 4.78 is 5.35. The van der Waals surface area contributed by atoms with E-state index in [4.69, 9.17) is 9.84 Å². The van der Waals surface area contributed by atoms with E-state index in [0.29, 0.717) is 24.9 Å².